The molecule has 2 heteroatoms. The number of aryl methyl sites for hydroxylation is 4. The fourth-order valence-corrected chi connectivity index (χ4v) is 12.4. The Morgan fingerprint density at radius 2 is 1.41 bits per heavy atom. The molecule has 0 bridgehead atoms. The van der Waals surface area contributed by atoms with E-state index in [1.807, 2.05) is 0 Å². The van der Waals surface area contributed by atoms with Crippen molar-refractivity contribution >= 4 is 28.6 Å². The van der Waals surface area contributed by atoms with Gasteiger partial charge in [0, 0.05) is 28.6 Å². The molecule has 95 heavy (non-hydrogen) atoms. The fourth-order valence-electron chi connectivity index (χ4n) is 12.4. The van der Waals surface area contributed by atoms with Crippen molar-refractivity contribution in [2.75, 3.05) is 13.6 Å². The largest absolute Gasteiger partial charge is 0.310 e. The standard InChI is InChI=1S/C32H41N.C22H25N.C20H26.C12H22.C4H10.C3H4/c1-6-16-27(25(3)7-2)23-29-24-28(21-20-26(29)4)30-17-13-14-18-31(30)32-19-12-10-8-9-11-15-22-33(32)5;1-4-6-13-19-20-14-7-8-15-22(20)23(21(19)10-5-2)18-12-9-11-17(3)16-18;1-5-8-13-19(18-12-10-9-11-16(18)4)20(7-3)14-17(6-2)15-20;1-4-6-7-8-9-11-12(3)10-5-2;1-3-4-2;1-3-2/h6,8,10,12-14,16-21,23-25,32H,7,9,11,15,22H2,1-5H3;5,7-12,14-16H,4,6,13H2,1-3H3;5,8-14H,6-7,15H2,1-4H3;2,12H,4,6-11H2,1,3H3;3-4H2,1-2H3;1H,2H3/b10-8-,16-6-,19-12-,27-23-;10-5-;8-5-,19-13-;;;. The Bertz CT molecular complexity index is 3480. The number of para-hydroxylation sites is 1. The average Bonchev–Trinajstić information content (AvgIpc) is 1.67. The number of fused-ring (bicyclic) bond motifs is 1. The van der Waals surface area contributed by atoms with Gasteiger partial charge in [0.25, 0.3) is 0 Å². The molecule has 510 valence electrons. The average molecular weight is 1270 g/mol. The van der Waals surface area contributed by atoms with Crippen LogP contribution >= 0.6 is 0 Å². The van der Waals surface area contributed by atoms with Crippen LogP contribution in [0.1, 0.15) is 256 Å². The number of benzene rings is 5. The van der Waals surface area contributed by atoms with Crippen LogP contribution in [0, 0.1) is 62.7 Å². The maximum absolute atomic E-state index is 5.23. The van der Waals surface area contributed by atoms with Gasteiger partial charge in [-0.2, -0.15) is 0 Å². The van der Waals surface area contributed by atoms with Crippen molar-refractivity contribution in [2.45, 2.75) is 239 Å². The molecule has 2 aliphatic rings. The van der Waals surface area contributed by atoms with Crippen molar-refractivity contribution in [1.82, 2.24) is 9.47 Å². The van der Waals surface area contributed by atoms with E-state index in [0.717, 1.165) is 31.7 Å². The molecule has 2 nitrogen and oxygen atoms in total. The molecule has 2 heterocycles. The summed E-state index contributed by atoms with van der Waals surface area (Å²) >= 11 is 0. The Kier molecular flexibility index (Phi) is 41.0. The number of unbranched alkanes of at least 4 members (excludes halogenated alkanes) is 6. The number of likely N-dealkylation sites (N-methyl/N-ethyl adjacent to an activating group) is 1. The smallest absolute Gasteiger partial charge is 0.0538 e. The maximum Gasteiger partial charge on any atom is 0.0538 e. The molecule has 1 aliphatic heterocycles. The molecule has 0 fully saturated rings. The molecule has 6 aromatic rings. The predicted molar refractivity (Wildman–Crippen MR) is 428 cm³/mol. The molecule has 4 atom stereocenters. The number of terminal acetylenes is 2. The van der Waals surface area contributed by atoms with Crippen LogP contribution in [0.25, 0.3) is 45.4 Å². The molecule has 0 saturated carbocycles. The zero-order chi connectivity index (χ0) is 69.8. The lowest BCUT2D eigenvalue weighted by Crippen LogP contribution is -2.28. The van der Waals surface area contributed by atoms with Gasteiger partial charge in [-0.05, 0) is 230 Å². The summed E-state index contributed by atoms with van der Waals surface area (Å²) in [7, 11) is 2.26. The third-order valence-electron chi connectivity index (χ3n) is 18.6. The number of allylic oxidation sites excluding steroid dienone is 13. The SMILES string of the molecule is C#CC.C#CCC(C)CCCCCCC.C/C=C\C(=C\c1cc(-c2ccccc2C2/C=C\C=C/CCCCN2C)ccc1C)C(C)CC.C/C=C\C=C(\c1ccccc1C)C1(CC)C=C(CC)C1.C/C=C\c1c(CCCC)c2ccccc2n1-c1cccc(C)c1.CCCC. The van der Waals surface area contributed by atoms with Crippen molar-refractivity contribution in [3.8, 4) is 41.5 Å². The quantitative estimate of drug-likeness (QED) is 0.0254. The molecule has 1 aliphatic carbocycles. The summed E-state index contributed by atoms with van der Waals surface area (Å²) in [5.41, 5.74) is 20.8. The zero-order valence-electron chi connectivity index (χ0n) is 62.9. The molecule has 5 aromatic carbocycles. The molecular weight excluding hydrogens is 1150 g/mol. The van der Waals surface area contributed by atoms with Crippen molar-refractivity contribution < 1.29 is 0 Å². The lowest BCUT2D eigenvalue weighted by Gasteiger charge is -2.42. The zero-order valence-corrected chi connectivity index (χ0v) is 62.9. The van der Waals surface area contributed by atoms with E-state index in [2.05, 4.69) is 333 Å². The van der Waals surface area contributed by atoms with Crippen molar-refractivity contribution in [3.63, 3.8) is 0 Å². The lowest BCUT2D eigenvalue weighted by molar-refractivity contribution is 0.280. The number of aromatic nitrogens is 1. The number of hydrogen-bond acceptors (Lipinski definition) is 1. The van der Waals surface area contributed by atoms with Crippen molar-refractivity contribution in [1.29, 1.82) is 0 Å². The molecule has 0 amide bonds. The van der Waals surface area contributed by atoms with E-state index in [1.165, 1.54) is 186 Å². The summed E-state index contributed by atoms with van der Waals surface area (Å²) in [6.45, 7) is 35.9. The van der Waals surface area contributed by atoms with E-state index in [0.29, 0.717) is 5.92 Å². The summed E-state index contributed by atoms with van der Waals surface area (Å²) in [6.07, 6.45) is 63.0. The van der Waals surface area contributed by atoms with Crippen LogP contribution in [0.15, 0.2) is 193 Å². The molecule has 8 rings (SSSR count). The fraction of sp³-hybridized carbons (Fsp3) is 0.441. The first-order valence-electron chi connectivity index (χ1n) is 36.9. The minimum atomic E-state index is 0.247. The highest BCUT2D eigenvalue weighted by atomic mass is 15.1. The maximum atomic E-state index is 5.23. The second-order valence-electron chi connectivity index (χ2n) is 26.3. The first-order chi connectivity index (χ1) is 46.1. The predicted octanol–water partition coefficient (Wildman–Crippen LogP) is 27.8. The molecule has 1 aromatic heterocycles. The van der Waals surface area contributed by atoms with Crippen LogP contribution in [-0.2, 0) is 6.42 Å². The highest BCUT2D eigenvalue weighted by molar-refractivity contribution is 5.90. The van der Waals surface area contributed by atoms with Crippen LogP contribution in [-0.4, -0.2) is 23.1 Å². The second-order valence-corrected chi connectivity index (χ2v) is 26.3. The Labute approximate surface area is 583 Å². The second kappa shape index (κ2) is 47.5. The van der Waals surface area contributed by atoms with Crippen molar-refractivity contribution in [2.24, 2.45) is 17.3 Å². The van der Waals surface area contributed by atoms with Gasteiger partial charge in [-0.1, -0.05) is 283 Å². The minimum absolute atomic E-state index is 0.247. The monoisotopic (exact) mass is 1270 g/mol. The number of hydrogen-bond donors (Lipinski definition) is 0. The molecule has 0 spiro atoms. The molecule has 0 radical (unpaired) electrons. The van der Waals surface area contributed by atoms with Gasteiger partial charge in [0.15, 0.2) is 0 Å². The van der Waals surface area contributed by atoms with Gasteiger partial charge >= 0.3 is 0 Å². The van der Waals surface area contributed by atoms with E-state index >= 15 is 0 Å². The normalized spacial score (nSPS) is 16.9. The van der Waals surface area contributed by atoms with E-state index in [9.17, 15) is 0 Å². The Hall–Kier alpha value is -7.36. The van der Waals surface area contributed by atoms with Gasteiger partial charge in [-0.15, -0.1) is 24.7 Å². The molecule has 4 unspecified atom stereocenters. The molecule has 0 N–H and O–H groups in total. The van der Waals surface area contributed by atoms with Crippen LogP contribution in [0.3, 0.4) is 0 Å². The first-order valence-corrected chi connectivity index (χ1v) is 36.9. The van der Waals surface area contributed by atoms with Crippen LogP contribution in [0.2, 0.25) is 0 Å². The Morgan fingerprint density at radius 3 is 2.05 bits per heavy atom. The summed E-state index contributed by atoms with van der Waals surface area (Å²) in [6, 6.07) is 42.4. The molecular formula is C93H128N2. The Balaban J connectivity index is 0.000000334. The van der Waals surface area contributed by atoms with E-state index in [4.69, 9.17) is 6.42 Å². The highest BCUT2D eigenvalue weighted by Crippen LogP contribution is 2.53. The van der Waals surface area contributed by atoms with Gasteiger partial charge in [0.1, 0.15) is 0 Å². The summed E-state index contributed by atoms with van der Waals surface area (Å²) in [5, 5.41) is 1.38. The van der Waals surface area contributed by atoms with Crippen LogP contribution in [0.5, 0.6) is 0 Å². The third-order valence-corrected chi connectivity index (χ3v) is 18.6. The molecule has 0 saturated heterocycles. The number of nitrogens with zero attached hydrogens (tertiary/aromatic N) is 2. The van der Waals surface area contributed by atoms with Crippen LogP contribution in [0.4, 0.5) is 0 Å². The van der Waals surface area contributed by atoms with Gasteiger partial charge in [-0.25, -0.2) is 0 Å². The summed E-state index contributed by atoms with van der Waals surface area (Å²) in [5.74, 6) is 6.25. The van der Waals surface area contributed by atoms with E-state index in [1.54, 1.807) is 12.5 Å². The summed E-state index contributed by atoms with van der Waals surface area (Å²) < 4.78 is 2.41. The van der Waals surface area contributed by atoms with Crippen LogP contribution < -0.4 is 0 Å². The van der Waals surface area contributed by atoms with Gasteiger partial charge in [0.2, 0.25) is 0 Å². The number of rotatable bonds is 24. The van der Waals surface area contributed by atoms with Gasteiger partial charge < -0.3 is 4.57 Å². The first kappa shape index (κ1) is 81.9. The topological polar surface area (TPSA) is 8.17 Å². The van der Waals surface area contributed by atoms with Gasteiger partial charge in [-0.3, -0.25) is 4.90 Å². The third kappa shape index (κ3) is 27.0. The lowest BCUT2D eigenvalue weighted by atomic mass is 9.62. The highest BCUT2D eigenvalue weighted by Gasteiger charge is 2.38. The van der Waals surface area contributed by atoms with Crippen molar-refractivity contribution in [3.05, 3.63) is 238 Å². The minimum Gasteiger partial charge on any atom is -0.310 e. The summed E-state index contributed by atoms with van der Waals surface area (Å²) in [4.78, 5) is 2.50. The Morgan fingerprint density at radius 1 is 0.716 bits per heavy atom. The van der Waals surface area contributed by atoms with E-state index in [-0.39, 0.29) is 11.5 Å². The van der Waals surface area contributed by atoms with Gasteiger partial charge in [0.05, 0.1) is 11.6 Å². The van der Waals surface area contributed by atoms with E-state index < -0.39 is 0 Å².